The first-order chi connectivity index (χ1) is 8.73. The molecule has 0 amide bonds. The zero-order valence-corrected chi connectivity index (χ0v) is 14.9. The van der Waals surface area contributed by atoms with E-state index in [1.807, 2.05) is 0 Å². The minimum Gasteiger partial charge on any atom is -0.257 e. The summed E-state index contributed by atoms with van der Waals surface area (Å²) in [6.45, 7) is 8.77. The first-order valence-electron chi connectivity index (χ1n) is 7.14. The number of hydrogen-bond donors (Lipinski definition) is 0. The highest BCUT2D eigenvalue weighted by atomic mass is 32.3. The second-order valence-electron chi connectivity index (χ2n) is 7.26. The summed E-state index contributed by atoms with van der Waals surface area (Å²) in [6, 6.07) is 0. The molecule has 3 rings (SSSR count). The predicted octanol–water partition coefficient (Wildman–Crippen LogP) is 3.51. The Kier molecular flexibility index (Phi) is 4.60. The quantitative estimate of drug-likeness (QED) is 0.794. The Hall–Kier alpha value is 0.650. The average molecular weight is 323 g/mol. The van der Waals surface area contributed by atoms with Gasteiger partial charge in [-0.3, -0.25) is 8.42 Å². The summed E-state index contributed by atoms with van der Waals surface area (Å²) in [4.78, 5) is 0. The van der Waals surface area contributed by atoms with Crippen LogP contribution in [0.15, 0.2) is 0 Å². The van der Waals surface area contributed by atoms with Gasteiger partial charge in [-0.2, -0.15) is 0 Å². The van der Waals surface area contributed by atoms with Crippen LogP contribution in [0.4, 0.5) is 0 Å². The fourth-order valence-corrected chi connectivity index (χ4v) is 10.3. The molecule has 0 aliphatic carbocycles. The van der Waals surface area contributed by atoms with Gasteiger partial charge in [0, 0.05) is 22.7 Å². The van der Waals surface area contributed by atoms with Gasteiger partial charge < -0.3 is 0 Å². The first-order valence-corrected chi connectivity index (χ1v) is 10.8. The van der Waals surface area contributed by atoms with Crippen molar-refractivity contribution in [2.75, 3.05) is 17.3 Å². The maximum Gasteiger partial charge on any atom is 0.165 e. The van der Waals surface area contributed by atoms with Crippen LogP contribution >= 0.6 is 11.8 Å². The molecule has 0 spiro atoms. The van der Waals surface area contributed by atoms with E-state index in [-0.39, 0.29) is 10.8 Å². The van der Waals surface area contributed by atoms with Crippen LogP contribution in [0.1, 0.15) is 53.4 Å². The van der Waals surface area contributed by atoms with Crippen molar-refractivity contribution in [3.8, 4) is 0 Å². The van der Waals surface area contributed by atoms with E-state index in [1.165, 1.54) is 0 Å². The third-order valence-electron chi connectivity index (χ3n) is 4.13. The maximum atomic E-state index is 12.7. The molecule has 0 saturated carbocycles. The Morgan fingerprint density at radius 2 is 1.68 bits per heavy atom. The van der Waals surface area contributed by atoms with E-state index in [0.717, 1.165) is 42.9 Å². The lowest BCUT2D eigenvalue weighted by atomic mass is 9.89. The smallest absolute Gasteiger partial charge is 0.165 e. The van der Waals surface area contributed by atoms with Crippen LogP contribution in [0, 0.1) is 10.8 Å². The van der Waals surface area contributed by atoms with Crippen LogP contribution < -0.4 is 0 Å². The number of thioether (sulfide) groups is 1. The van der Waals surface area contributed by atoms with E-state index in [1.54, 1.807) is 11.8 Å². The summed E-state index contributed by atoms with van der Waals surface area (Å²) in [7, 11) is -1.86. The lowest BCUT2D eigenvalue weighted by molar-refractivity contribution is 0.354. The summed E-state index contributed by atoms with van der Waals surface area (Å²) in [5.41, 5.74) is 0.317. The average Bonchev–Trinajstić information content (AvgIpc) is 2.26. The lowest BCUT2D eigenvalue weighted by Gasteiger charge is -2.51. The minimum absolute atomic E-state index is 0.0959. The van der Waals surface area contributed by atoms with E-state index in [0.29, 0.717) is 0 Å². The van der Waals surface area contributed by atoms with Crippen molar-refractivity contribution >= 4 is 33.4 Å². The number of hydrogen-bond acceptors (Lipinski definition) is 3. The molecule has 0 aromatic heterocycles. The number of rotatable bonds is 4. The van der Waals surface area contributed by atoms with Crippen LogP contribution in [0.2, 0.25) is 0 Å². The Labute approximate surface area is 126 Å². The molecule has 0 radical (unpaired) electrons. The second-order valence-corrected chi connectivity index (χ2v) is 12.7. The van der Waals surface area contributed by atoms with Crippen molar-refractivity contribution in [1.82, 2.24) is 0 Å². The topological polar surface area (TPSA) is 34.1 Å². The molecule has 5 heteroatoms. The van der Waals surface area contributed by atoms with Gasteiger partial charge in [0.2, 0.25) is 0 Å². The molecule has 19 heavy (non-hydrogen) atoms. The molecular formula is C14H26O2S3. The summed E-state index contributed by atoms with van der Waals surface area (Å²) in [5.74, 6) is 2.62. The molecule has 3 heterocycles. The molecule has 3 saturated heterocycles. The van der Waals surface area contributed by atoms with Gasteiger partial charge in [0.1, 0.15) is 0 Å². The molecule has 0 aromatic carbocycles. The summed E-state index contributed by atoms with van der Waals surface area (Å²) < 4.78 is 24.9. The molecule has 0 aromatic rings. The molecule has 2 nitrogen and oxygen atoms in total. The molecular weight excluding hydrogens is 296 g/mol. The summed E-state index contributed by atoms with van der Waals surface area (Å²) in [6.07, 6.45) is 4.01. The molecule has 2 unspecified atom stereocenters. The van der Waals surface area contributed by atoms with E-state index >= 15 is 0 Å². The zero-order chi connectivity index (χ0) is 14.3. The minimum atomic E-state index is -0.930. The van der Waals surface area contributed by atoms with E-state index in [4.69, 9.17) is 0 Å². The van der Waals surface area contributed by atoms with Crippen LogP contribution in [-0.2, 0) is 21.6 Å². The van der Waals surface area contributed by atoms with Gasteiger partial charge in [0.05, 0.1) is 21.6 Å². The Balaban J connectivity index is 2.16. The zero-order valence-electron chi connectivity index (χ0n) is 12.5. The third kappa shape index (κ3) is 3.13. The van der Waals surface area contributed by atoms with Crippen LogP contribution in [-0.4, -0.2) is 29.1 Å². The van der Waals surface area contributed by atoms with Crippen molar-refractivity contribution in [2.24, 2.45) is 10.8 Å². The first kappa shape index (κ1) is 16.0. The monoisotopic (exact) mass is 322 g/mol. The van der Waals surface area contributed by atoms with Crippen LogP contribution in [0.3, 0.4) is 0 Å². The molecule has 3 aliphatic heterocycles. The Morgan fingerprint density at radius 1 is 1.11 bits per heavy atom. The highest BCUT2D eigenvalue weighted by Crippen LogP contribution is 2.55. The molecule has 3 fully saturated rings. The second kappa shape index (κ2) is 5.45. The third-order valence-corrected chi connectivity index (χ3v) is 12.0. The lowest BCUT2D eigenvalue weighted by Crippen LogP contribution is -2.58. The van der Waals surface area contributed by atoms with Crippen molar-refractivity contribution in [2.45, 2.75) is 56.8 Å². The summed E-state index contributed by atoms with van der Waals surface area (Å²) in [5, 5.41) is 0. The van der Waals surface area contributed by atoms with E-state index in [2.05, 4.69) is 27.7 Å². The van der Waals surface area contributed by atoms with Crippen molar-refractivity contribution in [1.29, 1.82) is 0 Å². The molecule has 0 N–H and O–H groups in total. The maximum absolute atomic E-state index is 12.7. The van der Waals surface area contributed by atoms with Crippen molar-refractivity contribution in [3.05, 3.63) is 0 Å². The van der Waals surface area contributed by atoms with Gasteiger partial charge >= 0.3 is 0 Å². The normalized spacial score (nSPS) is 42.5. The van der Waals surface area contributed by atoms with Gasteiger partial charge in [-0.25, -0.2) is 0 Å². The molecule has 112 valence electrons. The molecule has 2 bridgehead atoms. The SMILES string of the molecule is CCCC12CSC(CCC(C)(C)C)(S(=O)C1)S(=O)C2. The van der Waals surface area contributed by atoms with E-state index < -0.39 is 25.0 Å². The van der Waals surface area contributed by atoms with Crippen molar-refractivity contribution in [3.63, 3.8) is 0 Å². The fraction of sp³-hybridized carbons (Fsp3) is 1.00. The highest BCUT2D eigenvalue weighted by molar-refractivity contribution is 8.26. The van der Waals surface area contributed by atoms with Crippen molar-refractivity contribution < 1.29 is 8.42 Å². The predicted molar refractivity (Wildman–Crippen MR) is 87.2 cm³/mol. The Bertz CT molecular complexity index is 380. The highest BCUT2D eigenvalue weighted by Gasteiger charge is 2.58. The largest absolute Gasteiger partial charge is 0.257 e. The molecule has 3 aliphatic rings. The van der Waals surface area contributed by atoms with Crippen LogP contribution in [0.25, 0.3) is 0 Å². The summed E-state index contributed by atoms with van der Waals surface area (Å²) >= 11 is 1.76. The van der Waals surface area contributed by atoms with Gasteiger partial charge in [-0.1, -0.05) is 34.1 Å². The number of fused-ring (bicyclic) bond motifs is 3. The molecule has 2 atom stereocenters. The van der Waals surface area contributed by atoms with Crippen LogP contribution in [0.5, 0.6) is 0 Å². The van der Waals surface area contributed by atoms with Gasteiger partial charge in [0.15, 0.2) is 3.41 Å². The van der Waals surface area contributed by atoms with Gasteiger partial charge in [0.25, 0.3) is 0 Å². The Morgan fingerprint density at radius 3 is 2.11 bits per heavy atom. The standard InChI is InChI=1S/C14H26O2S3/c1-5-6-13-9-17-14(18(15)10-13,19(16)11-13)8-7-12(2,3)4/h5-11H2,1-4H3. The van der Waals surface area contributed by atoms with Gasteiger partial charge in [-0.05, 0) is 24.7 Å². The van der Waals surface area contributed by atoms with E-state index in [9.17, 15) is 8.42 Å². The van der Waals surface area contributed by atoms with Gasteiger partial charge in [-0.15, -0.1) is 11.8 Å². The fourth-order valence-electron chi connectivity index (χ4n) is 2.97.